The molecule has 0 N–H and O–H groups in total. The van der Waals surface area contributed by atoms with Crippen molar-refractivity contribution in [3.8, 4) is 5.75 Å². The number of rotatable bonds is 4. The first-order valence-corrected chi connectivity index (χ1v) is 8.65. The number of aromatic nitrogens is 2. The summed E-state index contributed by atoms with van der Waals surface area (Å²) in [5.41, 5.74) is 0.942. The van der Waals surface area contributed by atoms with Gasteiger partial charge in [-0.25, -0.2) is 4.79 Å². The zero-order chi connectivity index (χ0) is 18.9. The zero-order valence-corrected chi connectivity index (χ0v) is 15.7. The van der Waals surface area contributed by atoms with Gasteiger partial charge in [0.15, 0.2) is 0 Å². The maximum Gasteiger partial charge on any atom is 0.331 e. The number of fused-ring (bicyclic) bond motifs is 1. The van der Waals surface area contributed by atoms with E-state index < -0.39 is 0 Å². The molecule has 1 aromatic heterocycles. The van der Waals surface area contributed by atoms with Gasteiger partial charge in [0, 0.05) is 6.54 Å². The maximum absolute atomic E-state index is 13.1. The van der Waals surface area contributed by atoms with Crippen molar-refractivity contribution in [2.24, 2.45) is 5.41 Å². The van der Waals surface area contributed by atoms with Crippen molar-refractivity contribution in [1.29, 1.82) is 0 Å². The van der Waals surface area contributed by atoms with E-state index in [1.807, 2.05) is 63.2 Å². The Labute approximate surface area is 152 Å². The van der Waals surface area contributed by atoms with Gasteiger partial charge in [-0.15, -0.1) is 0 Å². The number of hydrogen-bond donors (Lipinski definition) is 0. The van der Waals surface area contributed by atoms with Gasteiger partial charge >= 0.3 is 5.69 Å². The van der Waals surface area contributed by atoms with Gasteiger partial charge in [-0.1, -0.05) is 45.0 Å². The number of nitrogens with zero attached hydrogens (tertiary/aromatic N) is 2. The number of hydrogen-bond acceptors (Lipinski definition) is 3. The van der Waals surface area contributed by atoms with E-state index in [4.69, 9.17) is 4.74 Å². The molecule has 0 atom stereocenters. The molecule has 0 amide bonds. The summed E-state index contributed by atoms with van der Waals surface area (Å²) in [6.07, 6.45) is 0. The van der Waals surface area contributed by atoms with Crippen molar-refractivity contribution in [3.63, 3.8) is 0 Å². The summed E-state index contributed by atoms with van der Waals surface area (Å²) < 4.78 is 8.21. The van der Waals surface area contributed by atoms with Crippen LogP contribution in [-0.2, 0) is 13.1 Å². The molecule has 5 nitrogen and oxygen atoms in total. The molecule has 0 radical (unpaired) electrons. The molecule has 0 spiro atoms. The predicted octanol–water partition coefficient (Wildman–Crippen LogP) is 3.27. The van der Waals surface area contributed by atoms with Gasteiger partial charge in [0.2, 0.25) is 0 Å². The van der Waals surface area contributed by atoms with Crippen molar-refractivity contribution < 1.29 is 4.74 Å². The Bertz CT molecular complexity index is 1040. The molecule has 5 heteroatoms. The second-order valence-electron chi connectivity index (χ2n) is 7.69. The highest BCUT2D eigenvalue weighted by Crippen LogP contribution is 2.17. The van der Waals surface area contributed by atoms with E-state index in [1.54, 1.807) is 17.7 Å². The smallest absolute Gasteiger partial charge is 0.331 e. The van der Waals surface area contributed by atoms with E-state index in [-0.39, 0.29) is 16.7 Å². The molecule has 3 rings (SSSR count). The second-order valence-corrected chi connectivity index (χ2v) is 7.69. The van der Waals surface area contributed by atoms with Gasteiger partial charge in [0.05, 0.1) is 24.6 Å². The van der Waals surface area contributed by atoms with Gasteiger partial charge in [0.1, 0.15) is 5.75 Å². The molecule has 3 aromatic rings. The summed E-state index contributed by atoms with van der Waals surface area (Å²) in [5.74, 6) is 0.767. The molecule has 0 saturated heterocycles. The van der Waals surface area contributed by atoms with E-state index in [2.05, 4.69) is 0 Å². The van der Waals surface area contributed by atoms with Crippen LogP contribution >= 0.6 is 0 Å². The molecular formula is C21H24N2O3. The average Bonchev–Trinajstić information content (AvgIpc) is 2.62. The van der Waals surface area contributed by atoms with E-state index in [1.165, 1.54) is 4.57 Å². The Hall–Kier alpha value is -2.82. The fourth-order valence-electron chi connectivity index (χ4n) is 3.05. The van der Waals surface area contributed by atoms with Crippen LogP contribution in [0.2, 0.25) is 0 Å². The van der Waals surface area contributed by atoms with Crippen molar-refractivity contribution in [3.05, 3.63) is 74.9 Å². The topological polar surface area (TPSA) is 53.2 Å². The van der Waals surface area contributed by atoms with Crippen LogP contribution in [0.5, 0.6) is 5.75 Å². The average molecular weight is 352 g/mol. The largest absolute Gasteiger partial charge is 0.497 e. The highest BCUT2D eigenvalue weighted by molar-refractivity contribution is 5.77. The summed E-state index contributed by atoms with van der Waals surface area (Å²) in [7, 11) is 1.62. The summed E-state index contributed by atoms with van der Waals surface area (Å²) >= 11 is 0. The third kappa shape index (κ3) is 3.57. The normalized spacial score (nSPS) is 11.7. The minimum absolute atomic E-state index is 0.177. The number of para-hydroxylation sites is 1. The first-order chi connectivity index (χ1) is 12.3. The maximum atomic E-state index is 13.1. The quantitative estimate of drug-likeness (QED) is 0.724. The van der Waals surface area contributed by atoms with Crippen LogP contribution in [-0.4, -0.2) is 16.2 Å². The molecule has 1 heterocycles. The lowest BCUT2D eigenvalue weighted by Crippen LogP contribution is -2.42. The van der Waals surface area contributed by atoms with Gasteiger partial charge in [0.25, 0.3) is 5.56 Å². The van der Waals surface area contributed by atoms with E-state index in [0.29, 0.717) is 24.0 Å². The molecule has 0 bridgehead atoms. The minimum atomic E-state index is -0.278. The van der Waals surface area contributed by atoms with E-state index in [0.717, 1.165) is 11.3 Å². The summed E-state index contributed by atoms with van der Waals surface area (Å²) in [6.45, 7) is 6.82. The number of methoxy groups -OCH3 is 1. The van der Waals surface area contributed by atoms with Crippen molar-refractivity contribution in [2.75, 3.05) is 7.11 Å². The van der Waals surface area contributed by atoms with Gasteiger partial charge in [-0.3, -0.25) is 13.9 Å². The van der Waals surface area contributed by atoms with Crippen LogP contribution in [0, 0.1) is 5.41 Å². The summed E-state index contributed by atoms with van der Waals surface area (Å²) in [6, 6.07) is 14.9. The Kier molecular flexibility index (Phi) is 4.72. The van der Waals surface area contributed by atoms with Gasteiger partial charge in [-0.2, -0.15) is 0 Å². The van der Waals surface area contributed by atoms with E-state index in [9.17, 15) is 9.59 Å². The first-order valence-electron chi connectivity index (χ1n) is 8.65. The number of ether oxygens (including phenoxy) is 1. The summed E-state index contributed by atoms with van der Waals surface area (Å²) in [4.78, 5) is 26.0. The lowest BCUT2D eigenvalue weighted by molar-refractivity contribution is 0.328. The Morgan fingerprint density at radius 3 is 2.19 bits per heavy atom. The molecule has 0 unspecified atom stereocenters. The third-order valence-corrected chi connectivity index (χ3v) is 4.26. The van der Waals surface area contributed by atoms with Crippen LogP contribution in [0.4, 0.5) is 0 Å². The highest BCUT2D eigenvalue weighted by atomic mass is 16.5. The monoisotopic (exact) mass is 352 g/mol. The fraction of sp³-hybridized carbons (Fsp3) is 0.333. The molecule has 0 aliphatic heterocycles. The fourth-order valence-corrected chi connectivity index (χ4v) is 3.05. The second kappa shape index (κ2) is 6.83. The molecule has 0 aliphatic carbocycles. The molecular weight excluding hydrogens is 328 g/mol. The van der Waals surface area contributed by atoms with Gasteiger partial charge in [-0.05, 0) is 35.2 Å². The number of benzene rings is 2. The predicted molar refractivity (Wildman–Crippen MR) is 104 cm³/mol. The van der Waals surface area contributed by atoms with Crippen molar-refractivity contribution in [1.82, 2.24) is 9.13 Å². The van der Waals surface area contributed by atoms with Gasteiger partial charge < -0.3 is 4.74 Å². The lowest BCUT2D eigenvalue weighted by atomic mass is 9.97. The molecule has 26 heavy (non-hydrogen) atoms. The van der Waals surface area contributed by atoms with Crippen LogP contribution in [0.15, 0.2) is 58.1 Å². The minimum Gasteiger partial charge on any atom is -0.497 e. The Morgan fingerprint density at radius 1 is 0.923 bits per heavy atom. The first kappa shape index (κ1) is 18.0. The van der Waals surface area contributed by atoms with Crippen molar-refractivity contribution in [2.45, 2.75) is 33.9 Å². The third-order valence-electron chi connectivity index (χ3n) is 4.26. The van der Waals surface area contributed by atoms with E-state index >= 15 is 0 Å². The zero-order valence-electron chi connectivity index (χ0n) is 15.7. The molecule has 0 saturated carbocycles. The molecule has 136 valence electrons. The standard InChI is InChI=1S/C21H24N2O3/c1-21(2,3)14-23-19(24)17-7-5-6-8-18(17)22(20(23)25)13-15-9-11-16(26-4)12-10-15/h5-12H,13-14H2,1-4H3. The Morgan fingerprint density at radius 2 is 1.58 bits per heavy atom. The SMILES string of the molecule is COc1ccc(Cn2c(=O)n(CC(C)(C)C)c(=O)c3ccccc32)cc1. The summed E-state index contributed by atoms with van der Waals surface area (Å²) in [5, 5.41) is 0.560. The Balaban J connectivity index is 2.19. The molecule has 2 aromatic carbocycles. The van der Waals surface area contributed by atoms with Crippen LogP contribution in [0.25, 0.3) is 10.9 Å². The van der Waals surface area contributed by atoms with Crippen LogP contribution in [0.1, 0.15) is 26.3 Å². The van der Waals surface area contributed by atoms with Crippen molar-refractivity contribution >= 4 is 10.9 Å². The van der Waals surface area contributed by atoms with Crippen LogP contribution in [0.3, 0.4) is 0 Å². The molecule has 0 aliphatic rings. The highest BCUT2D eigenvalue weighted by Gasteiger charge is 2.18. The lowest BCUT2D eigenvalue weighted by Gasteiger charge is -2.21. The molecule has 0 fully saturated rings. The van der Waals surface area contributed by atoms with Crippen LogP contribution < -0.4 is 16.0 Å².